The Morgan fingerprint density at radius 2 is 1.92 bits per heavy atom. The number of ether oxygens (including phenoxy) is 1. The summed E-state index contributed by atoms with van der Waals surface area (Å²) in [6, 6.07) is 0. The van der Waals surface area contributed by atoms with Gasteiger partial charge in [0.25, 0.3) is 0 Å². The summed E-state index contributed by atoms with van der Waals surface area (Å²) in [6.07, 6.45) is -2.42. The van der Waals surface area contributed by atoms with Gasteiger partial charge >= 0.3 is 6.18 Å². The zero-order valence-corrected chi connectivity index (χ0v) is 7.03. The summed E-state index contributed by atoms with van der Waals surface area (Å²) in [7, 11) is 1.48. The van der Waals surface area contributed by atoms with E-state index in [4.69, 9.17) is 4.74 Å². The second kappa shape index (κ2) is 3.64. The highest BCUT2D eigenvalue weighted by molar-refractivity contribution is 4.77. The van der Waals surface area contributed by atoms with E-state index in [9.17, 15) is 13.2 Å². The molecule has 1 aliphatic rings. The Balaban J connectivity index is 2.46. The van der Waals surface area contributed by atoms with Crippen LogP contribution in [0.15, 0.2) is 0 Å². The zero-order valence-electron chi connectivity index (χ0n) is 7.03. The van der Waals surface area contributed by atoms with Crippen molar-refractivity contribution in [3.63, 3.8) is 0 Å². The molecular formula is C8H13F3O. The molecule has 2 atom stereocenters. The second-order valence-electron chi connectivity index (χ2n) is 3.26. The van der Waals surface area contributed by atoms with Crippen LogP contribution in [-0.4, -0.2) is 19.4 Å². The van der Waals surface area contributed by atoms with Crippen molar-refractivity contribution in [3.05, 3.63) is 0 Å². The molecule has 0 radical (unpaired) electrons. The van der Waals surface area contributed by atoms with Crippen molar-refractivity contribution in [2.24, 2.45) is 5.92 Å². The molecule has 0 bridgehead atoms. The number of alkyl halides is 3. The number of halogens is 3. The smallest absolute Gasteiger partial charge is 0.381 e. The molecular weight excluding hydrogens is 169 g/mol. The monoisotopic (exact) mass is 182 g/mol. The van der Waals surface area contributed by atoms with E-state index in [0.717, 1.165) is 6.42 Å². The standard InChI is InChI=1S/C8H13F3O/c1-12-7-4-2-3-6(5-7)8(9,10)11/h6-7H,2-5H2,1H3. The van der Waals surface area contributed by atoms with Crippen molar-refractivity contribution >= 4 is 0 Å². The quantitative estimate of drug-likeness (QED) is 0.605. The van der Waals surface area contributed by atoms with Crippen LogP contribution in [0.4, 0.5) is 13.2 Å². The third-order valence-corrected chi connectivity index (χ3v) is 2.42. The molecule has 0 aromatic carbocycles. The molecule has 0 aromatic rings. The molecule has 0 spiro atoms. The normalized spacial score (nSPS) is 32.0. The van der Waals surface area contributed by atoms with Crippen LogP contribution < -0.4 is 0 Å². The number of methoxy groups -OCH3 is 1. The Hall–Kier alpha value is -0.250. The molecule has 0 N–H and O–H groups in total. The maximum atomic E-state index is 12.2. The van der Waals surface area contributed by atoms with Gasteiger partial charge in [0.2, 0.25) is 0 Å². The van der Waals surface area contributed by atoms with Crippen LogP contribution >= 0.6 is 0 Å². The van der Waals surface area contributed by atoms with Gasteiger partial charge in [0.05, 0.1) is 12.0 Å². The summed E-state index contributed by atoms with van der Waals surface area (Å²) < 4.78 is 41.5. The van der Waals surface area contributed by atoms with Crippen molar-refractivity contribution in [1.29, 1.82) is 0 Å². The van der Waals surface area contributed by atoms with E-state index in [0.29, 0.717) is 6.42 Å². The first-order valence-electron chi connectivity index (χ1n) is 4.13. The van der Waals surface area contributed by atoms with E-state index in [1.165, 1.54) is 7.11 Å². The highest BCUT2D eigenvalue weighted by Crippen LogP contribution is 2.38. The van der Waals surface area contributed by atoms with Gasteiger partial charge in [-0.2, -0.15) is 13.2 Å². The lowest BCUT2D eigenvalue weighted by Crippen LogP contribution is -2.31. The first kappa shape index (κ1) is 9.84. The molecule has 0 aliphatic heterocycles. The molecule has 0 saturated heterocycles. The van der Waals surface area contributed by atoms with Crippen molar-refractivity contribution < 1.29 is 17.9 Å². The first-order valence-corrected chi connectivity index (χ1v) is 4.13. The Labute approximate surface area is 69.9 Å². The minimum atomic E-state index is -4.03. The fourth-order valence-electron chi connectivity index (χ4n) is 1.66. The van der Waals surface area contributed by atoms with E-state index in [1.807, 2.05) is 0 Å². The Kier molecular flexibility index (Phi) is 2.99. The molecule has 1 rings (SSSR count). The van der Waals surface area contributed by atoms with Gasteiger partial charge in [-0.05, 0) is 19.3 Å². The molecule has 1 nitrogen and oxygen atoms in total. The van der Waals surface area contributed by atoms with Gasteiger partial charge in [0.1, 0.15) is 0 Å². The largest absolute Gasteiger partial charge is 0.391 e. The van der Waals surface area contributed by atoms with Crippen LogP contribution in [0.25, 0.3) is 0 Å². The molecule has 0 heterocycles. The summed E-state index contributed by atoms with van der Waals surface area (Å²) in [4.78, 5) is 0. The summed E-state index contributed by atoms with van der Waals surface area (Å²) in [5.41, 5.74) is 0. The topological polar surface area (TPSA) is 9.23 Å². The molecule has 0 aromatic heterocycles. The molecule has 1 fully saturated rings. The summed E-state index contributed by atoms with van der Waals surface area (Å²) >= 11 is 0. The van der Waals surface area contributed by atoms with Gasteiger partial charge in [-0.15, -0.1) is 0 Å². The highest BCUT2D eigenvalue weighted by Gasteiger charge is 2.42. The van der Waals surface area contributed by atoms with Gasteiger partial charge in [-0.25, -0.2) is 0 Å². The zero-order chi connectivity index (χ0) is 9.19. The van der Waals surface area contributed by atoms with E-state index in [2.05, 4.69) is 0 Å². The van der Waals surface area contributed by atoms with E-state index < -0.39 is 12.1 Å². The van der Waals surface area contributed by atoms with Crippen LogP contribution in [0.3, 0.4) is 0 Å². The lowest BCUT2D eigenvalue weighted by atomic mass is 9.87. The first-order chi connectivity index (χ1) is 5.54. The van der Waals surface area contributed by atoms with Gasteiger partial charge in [0, 0.05) is 7.11 Å². The van der Waals surface area contributed by atoms with E-state index in [-0.39, 0.29) is 18.9 Å². The Bertz CT molecular complexity index is 144. The predicted molar refractivity (Wildman–Crippen MR) is 38.8 cm³/mol. The third-order valence-electron chi connectivity index (χ3n) is 2.42. The van der Waals surface area contributed by atoms with Crippen molar-refractivity contribution in [2.75, 3.05) is 7.11 Å². The Morgan fingerprint density at radius 1 is 1.25 bits per heavy atom. The summed E-state index contributed by atoms with van der Waals surface area (Å²) in [5.74, 6) is -1.14. The number of rotatable bonds is 1. The molecule has 2 unspecified atom stereocenters. The number of hydrogen-bond acceptors (Lipinski definition) is 1. The summed E-state index contributed by atoms with van der Waals surface area (Å²) in [5, 5.41) is 0. The maximum absolute atomic E-state index is 12.2. The SMILES string of the molecule is COC1CCCC(C(F)(F)F)C1. The second-order valence-corrected chi connectivity index (χ2v) is 3.26. The van der Waals surface area contributed by atoms with Gasteiger partial charge in [0.15, 0.2) is 0 Å². The lowest BCUT2D eigenvalue weighted by Gasteiger charge is -2.29. The van der Waals surface area contributed by atoms with Crippen LogP contribution in [0.2, 0.25) is 0 Å². The summed E-state index contributed by atoms with van der Waals surface area (Å²) in [6.45, 7) is 0. The van der Waals surface area contributed by atoms with Gasteiger partial charge in [-0.1, -0.05) is 6.42 Å². The molecule has 4 heteroatoms. The van der Waals surface area contributed by atoms with Crippen LogP contribution in [0, 0.1) is 5.92 Å². The van der Waals surface area contributed by atoms with Gasteiger partial charge < -0.3 is 4.74 Å². The predicted octanol–water partition coefficient (Wildman–Crippen LogP) is 2.75. The molecule has 1 aliphatic carbocycles. The van der Waals surface area contributed by atoms with Crippen LogP contribution in [0.1, 0.15) is 25.7 Å². The van der Waals surface area contributed by atoms with Crippen LogP contribution in [0.5, 0.6) is 0 Å². The van der Waals surface area contributed by atoms with Crippen LogP contribution in [-0.2, 0) is 4.74 Å². The molecule has 1 saturated carbocycles. The molecule has 12 heavy (non-hydrogen) atoms. The average molecular weight is 182 g/mol. The third kappa shape index (κ3) is 2.37. The minimum Gasteiger partial charge on any atom is -0.381 e. The maximum Gasteiger partial charge on any atom is 0.391 e. The van der Waals surface area contributed by atoms with E-state index >= 15 is 0 Å². The lowest BCUT2D eigenvalue weighted by molar-refractivity contribution is -0.190. The van der Waals surface area contributed by atoms with E-state index in [1.54, 1.807) is 0 Å². The fraction of sp³-hybridized carbons (Fsp3) is 1.00. The Morgan fingerprint density at radius 3 is 2.42 bits per heavy atom. The van der Waals surface area contributed by atoms with Crippen molar-refractivity contribution in [3.8, 4) is 0 Å². The molecule has 0 amide bonds. The van der Waals surface area contributed by atoms with Crippen molar-refractivity contribution in [1.82, 2.24) is 0 Å². The average Bonchev–Trinajstić information content (AvgIpc) is 2.03. The number of hydrogen-bond donors (Lipinski definition) is 0. The minimum absolute atomic E-state index is 0.139. The molecule has 72 valence electrons. The fourth-order valence-corrected chi connectivity index (χ4v) is 1.66. The van der Waals surface area contributed by atoms with Gasteiger partial charge in [-0.3, -0.25) is 0 Å². The van der Waals surface area contributed by atoms with Crippen molar-refractivity contribution in [2.45, 2.75) is 38.0 Å². The highest BCUT2D eigenvalue weighted by atomic mass is 19.4.